The summed E-state index contributed by atoms with van der Waals surface area (Å²) in [4.78, 5) is 29.5. The highest BCUT2D eigenvalue weighted by Gasteiger charge is 2.27. The number of carbonyl (C=O) groups is 1. The Balaban J connectivity index is 1.70. The highest BCUT2D eigenvalue weighted by molar-refractivity contribution is 7.99. The van der Waals surface area contributed by atoms with Gasteiger partial charge < -0.3 is 5.32 Å². The van der Waals surface area contributed by atoms with Crippen molar-refractivity contribution in [3.63, 3.8) is 0 Å². The zero-order valence-electron chi connectivity index (χ0n) is 14.2. The Kier molecular flexibility index (Phi) is 5.22. The third-order valence-electron chi connectivity index (χ3n) is 4.36. The molecule has 0 spiro atoms. The van der Waals surface area contributed by atoms with Crippen molar-refractivity contribution in [1.29, 1.82) is 0 Å². The summed E-state index contributed by atoms with van der Waals surface area (Å²) in [6, 6.07) is 6.03. The second-order valence-corrected chi connectivity index (χ2v) is 7.07. The first kappa shape index (κ1) is 17.7. The van der Waals surface area contributed by atoms with Gasteiger partial charge in [0.2, 0.25) is 5.91 Å². The fourth-order valence-corrected chi connectivity index (χ4v) is 4.02. The number of carbonyl (C=O) groups excluding carboxylic acids is 1. The first-order valence-electron chi connectivity index (χ1n) is 8.24. The molecule has 0 saturated heterocycles. The van der Waals surface area contributed by atoms with Gasteiger partial charge in [0.05, 0.1) is 5.92 Å². The fraction of sp³-hybridized carbons (Fsp3) is 0.389. The molecule has 1 amide bonds. The van der Waals surface area contributed by atoms with E-state index < -0.39 is 0 Å². The Morgan fingerprint density at radius 2 is 2.12 bits per heavy atom. The molecule has 0 saturated carbocycles. The summed E-state index contributed by atoms with van der Waals surface area (Å²) in [6.07, 6.45) is 0.629. The summed E-state index contributed by atoms with van der Waals surface area (Å²) in [5.41, 5.74) is 2.26. The van der Waals surface area contributed by atoms with Gasteiger partial charge in [-0.2, -0.15) is 0 Å². The Bertz CT molecular complexity index is 849. The summed E-state index contributed by atoms with van der Waals surface area (Å²) in [7, 11) is 0. The monoisotopic (exact) mass is 361 g/mol. The highest BCUT2D eigenvalue weighted by atomic mass is 32.2. The molecule has 1 N–H and O–H groups in total. The molecule has 1 atom stereocenters. The van der Waals surface area contributed by atoms with Crippen molar-refractivity contribution in [3.8, 4) is 0 Å². The van der Waals surface area contributed by atoms with E-state index >= 15 is 0 Å². The van der Waals surface area contributed by atoms with Gasteiger partial charge >= 0.3 is 0 Å². The maximum atomic E-state index is 12.9. The molecule has 1 aliphatic rings. The Morgan fingerprint density at radius 3 is 2.80 bits per heavy atom. The number of amides is 1. The molecule has 132 valence electrons. The van der Waals surface area contributed by atoms with Crippen molar-refractivity contribution >= 4 is 17.7 Å². The number of rotatable bonds is 4. The van der Waals surface area contributed by atoms with Crippen LogP contribution in [0.5, 0.6) is 0 Å². The molecule has 5 nitrogen and oxygen atoms in total. The number of aromatic nitrogens is 2. The van der Waals surface area contributed by atoms with Crippen molar-refractivity contribution in [2.75, 3.05) is 5.75 Å². The van der Waals surface area contributed by atoms with E-state index in [0.717, 1.165) is 11.3 Å². The minimum atomic E-state index is -0.302. The highest BCUT2D eigenvalue weighted by Crippen LogP contribution is 2.26. The van der Waals surface area contributed by atoms with Crippen LogP contribution in [-0.2, 0) is 24.3 Å². The van der Waals surface area contributed by atoms with Gasteiger partial charge in [0, 0.05) is 30.1 Å². The van der Waals surface area contributed by atoms with Crippen LogP contribution in [0.3, 0.4) is 0 Å². The van der Waals surface area contributed by atoms with E-state index in [2.05, 4.69) is 10.3 Å². The molecule has 0 radical (unpaired) electrons. The molecule has 0 bridgehead atoms. The zero-order valence-corrected chi connectivity index (χ0v) is 15.0. The van der Waals surface area contributed by atoms with Crippen molar-refractivity contribution in [2.24, 2.45) is 5.92 Å². The third kappa shape index (κ3) is 3.76. The summed E-state index contributed by atoms with van der Waals surface area (Å²) in [5.74, 6) is -0.103. The predicted octanol–water partition coefficient (Wildman–Crippen LogP) is 2.29. The Morgan fingerprint density at radius 1 is 1.40 bits per heavy atom. The minimum Gasteiger partial charge on any atom is -0.352 e. The summed E-state index contributed by atoms with van der Waals surface area (Å²) >= 11 is 1.44. The van der Waals surface area contributed by atoms with Crippen LogP contribution in [0.4, 0.5) is 4.39 Å². The molecule has 3 rings (SSSR count). The van der Waals surface area contributed by atoms with Gasteiger partial charge in [0.1, 0.15) is 5.82 Å². The van der Waals surface area contributed by atoms with E-state index in [1.165, 1.54) is 23.9 Å². The number of thioether (sulfide) groups is 1. The number of nitrogens with one attached hydrogen (secondary N) is 1. The van der Waals surface area contributed by atoms with E-state index in [1.807, 2.05) is 13.8 Å². The van der Waals surface area contributed by atoms with Crippen LogP contribution in [0, 0.1) is 18.7 Å². The van der Waals surface area contributed by atoms with Gasteiger partial charge in [0.15, 0.2) is 5.16 Å². The van der Waals surface area contributed by atoms with Crippen LogP contribution >= 0.6 is 11.8 Å². The van der Waals surface area contributed by atoms with Crippen LogP contribution < -0.4 is 10.9 Å². The van der Waals surface area contributed by atoms with Gasteiger partial charge in [0.25, 0.3) is 5.56 Å². The topological polar surface area (TPSA) is 64.0 Å². The quantitative estimate of drug-likeness (QED) is 0.849. The van der Waals surface area contributed by atoms with Crippen LogP contribution in [-0.4, -0.2) is 21.2 Å². The minimum absolute atomic E-state index is 0.0477. The van der Waals surface area contributed by atoms with Crippen LogP contribution in [0.25, 0.3) is 0 Å². The van der Waals surface area contributed by atoms with Crippen LogP contribution in [0.2, 0.25) is 0 Å². The van der Waals surface area contributed by atoms with Gasteiger partial charge in [-0.05, 0) is 31.0 Å². The number of nitrogens with zero attached hydrogens (tertiary/aromatic N) is 2. The number of halogens is 1. The smallest absolute Gasteiger partial charge is 0.257 e. The molecule has 25 heavy (non-hydrogen) atoms. The first-order chi connectivity index (χ1) is 12.0. The van der Waals surface area contributed by atoms with Crippen LogP contribution in [0.15, 0.2) is 34.2 Å². The van der Waals surface area contributed by atoms with Gasteiger partial charge in [-0.1, -0.05) is 30.8 Å². The molecular formula is C18H20FN3O2S. The second kappa shape index (κ2) is 7.39. The second-order valence-electron chi connectivity index (χ2n) is 6.08. The van der Waals surface area contributed by atoms with Crippen molar-refractivity contribution in [2.45, 2.75) is 38.5 Å². The number of aryl methyl sites for hydroxylation is 1. The third-order valence-corrected chi connectivity index (χ3v) is 5.49. The van der Waals surface area contributed by atoms with Crippen molar-refractivity contribution < 1.29 is 9.18 Å². The standard InChI is InChI=1S/C18H20FN3O2S/c1-3-15-11(2)21-18-22(17(15)24)9-13(10-25-18)16(23)20-8-12-4-6-14(19)7-5-12/h4-7,13H,3,8-10H2,1-2H3,(H,20,23). The fourth-order valence-electron chi connectivity index (χ4n) is 2.90. The molecule has 0 fully saturated rings. The van der Waals surface area contributed by atoms with Crippen molar-refractivity contribution in [1.82, 2.24) is 14.9 Å². The number of hydrogen-bond acceptors (Lipinski definition) is 4. The number of hydrogen-bond donors (Lipinski definition) is 1. The van der Waals surface area contributed by atoms with Gasteiger partial charge in [-0.25, -0.2) is 9.37 Å². The van der Waals surface area contributed by atoms with E-state index in [1.54, 1.807) is 16.7 Å². The maximum absolute atomic E-state index is 12.9. The summed E-state index contributed by atoms with van der Waals surface area (Å²) in [5, 5.41) is 3.55. The molecule has 2 aromatic rings. The zero-order chi connectivity index (χ0) is 18.0. The number of fused-ring (bicyclic) bond motifs is 1. The lowest BCUT2D eigenvalue weighted by molar-refractivity contribution is -0.125. The molecule has 0 aliphatic carbocycles. The van der Waals surface area contributed by atoms with Gasteiger partial charge in [-0.3, -0.25) is 14.2 Å². The lowest BCUT2D eigenvalue weighted by atomic mass is 10.1. The molecule has 1 aromatic heterocycles. The van der Waals surface area contributed by atoms with Gasteiger partial charge in [-0.15, -0.1) is 0 Å². The molecule has 1 unspecified atom stereocenters. The first-order valence-corrected chi connectivity index (χ1v) is 9.23. The molecule has 1 aromatic carbocycles. The average Bonchev–Trinajstić information content (AvgIpc) is 2.61. The lowest BCUT2D eigenvalue weighted by Gasteiger charge is -2.25. The SMILES string of the molecule is CCc1c(C)nc2n(c1=O)CC(C(=O)NCc1ccc(F)cc1)CS2. The predicted molar refractivity (Wildman–Crippen MR) is 95.1 cm³/mol. The number of benzene rings is 1. The molecular weight excluding hydrogens is 341 g/mol. The maximum Gasteiger partial charge on any atom is 0.257 e. The Hall–Kier alpha value is -2.15. The van der Waals surface area contributed by atoms with E-state index in [-0.39, 0.29) is 23.2 Å². The van der Waals surface area contributed by atoms with E-state index in [4.69, 9.17) is 0 Å². The summed E-state index contributed by atoms with van der Waals surface area (Å²) in [6.45, 7) is 4.47. The Labute approximate surface area is 149 Å². The van der Waals surface area contributed by atoms with Crippen molar-refractivity contribution in [3.05, 3.63) is 57.3 Å². The van der Waals surface area contributed by atoms with E-state index in [9.17, 15) is 14.0 Å². The molecule has 2 heterocycles. The summed E-state index contributed by atoms with van der Waals surface area (Å²) < 4.78 is 14.5. The average molecular weight is 361 g/mol. The molecule has 1 aliphatic heterocycles. The van der Waals surface area contributed by atoms with Crippen LogP contribution in [0.1, 0.15) is 23.7 Å². The lowest BCUT2D eigenvalue weighted by Crippen LogP contribution is -2.40. The molecule has 7 heteroatoms. The van der Waals surface area contributed by atoms with E-state index in [0.29, 0.717) is 36.0 Å². The normalized spacial score (nSPS) is 16.4. The largest absolute Gasteiger partial charge is 0.352 e.